The Hall–Kier alpha value is -2.31. The van der Waals surface area contributed by atoms with Crippen molar-refractivity contribution >= 4 is 17.5 Å². The Morgan fingerprint density at radius 1 is 1.29 bits per heavy atom. The van der Waals surface area contributed by atoms with Crippen molar-refractivity contribution in [2.45, 2.75) is 6.92 Å². The highest BCUT2D eigenvalue weighted by Crippen LogP contribution is 2.09. The van der Waals surface area contributed by atoms with Gasteiger partial charge in [0.05, 0.1) is 5.71 Å². The van der Waals surface area contributed by atoms with E-state index in [-0.39, 0.29) is 11.3 Å². The van der Waals surface area contributed by atoms with Crippen LogP contribution in [0.15, 0.2) is 23.3 Å². The zero-order valence-electron chi connectivity index (χ0n) is 8.83. The molecule has 0 saturated carbocycles. The summed E-state index contributed by atoms with van der Waals surface area (Å²) in [5.41, 5.74) is 7.03. The molecule has 7 heteroatoms. The first-order valence-electron chi connectivity index (χ1n) is 4.51. The smallest absolute Gasteiger partial charge is 0.329 e. The van der Waals surface area contributed by atoms with Crippen LogP contribution in [0, 0.1) is 11.6 Å². The number of hydrogen-bond acceptors (Lipinski definition) is 3. The molecule has 5 nitrogen and oxygen atoms in total. The van der Waals surface area contributed by atoms with E-state index in [1.807, 2.05) is 5.43 Å². The molecule has 0 aliphatic heterocycles. The minimum Gasteiger partial charge on any atom is -0.361 e. The minimum atomic E-state index is -1.19. The van der Waals surface area contributed by atoms with E-state index in [1.54, 1.807) is 0 Å². The van der Waals surface area contributed by atoms with Crippen LogP contribution in [-0.2, 0) is 9.59 Å². The van der Waals surface area contributed by atoms with Crippen LogP contribution in [0.1, 0.15) is 12.5 Å². The first kappa shape index (κ1) is 12.8. The molecule has 90 valence electrons. The topological polar surface area (TPSA) is 84.6 Å². The van der Waals surface area contributed by atoms with Crippen molar-refractivity contribution in [3.8, 4) is 0 Å². The van der Waals surface area contributed by atoms with Gasteiger partial charge >= 0.3 is 11.8 Å². The zero-order valence-corrected chi connectivity index (χ0v) is 8.83. The lowest BCUT2D eigenvalue weighted by atomic mass is 10.1. The molecular weight excluding hydrogens is 232 g/mol. The summed E-state index contributed by atoms with van der Waals surface area (Å²) < 4.78 is 25.5. The average molecular weight is 241 g/mol. The lowest BCUT2D eigenvalue weighted by molar-refractivity contribution is -0.137. The van der Waals surface area contributed by atoms with Crippen LogP contribution in [0.25, 0.3) is 0 Å². The summed E-state index contributed by atoms with van der Waals surface area (Å²) in [6.45, 7) is 1.45. The predicted molar refractivity (Wildman–Crippen MR) is 55.9 cm³/mol. The maximum absolute atomic E-state index is 12.9. The third-order valence-corrected chi connectivity index (χ3v) is 1.89. The Kier molecular flexibility index (Phi) is 3.86. The molecule has 1 rings (SSSR count). The fraction of sp³-hybridized carbons (Fsp3) is 0.100. The quantitative estimate of drug-likeness (QED) is 0.443. The Balaban J connectivity index is 2.85. The van der Waals surface area contributed by atoms with Gasteiger partial charge in [0, 0.05) is 5.56 Å². The number of carbonyl (C=O) groups excluding carboxylic acids is 2. The molecule has 0 aliphatic carbocycles. The van der Waals surface area contributed by atoms with Crippen molar-refractivity contribution in [2.75, 3.05) is 0 Å². The van der Waals surface area contributed by atoms with Gasteiger partial charge in [0.1, 0.15) is 0 Å². The summed E-state index contributed by atoms with van der Waals surface area (Å²) in [5, 5.41) is 3.51. The van der Waals surface area contributed by atoms with Crippen molar-refractivity contribution in [1.29, 1.82) is 0 Å². The lowest BCUT2D eigenvalue weighted by Crippen LogP contribution is -2.33. The van der Waals surface area contributed by atoms with E-state index in [2.05, 4.69) is 10.8 Å². The third-order valence-electron chi connectivity index (χ3n) is 1.89. The van der Waals surface area contributed by atoms with E-state index in [4.69, 9.17) is 0 Å². The predicted octanol–water partition coefficient (Wildman–Crippen LogP) is 0.290. The number of rotatable bonds is 2. The van der Waals surface area contributed by atoms with Gasteiger partial charge < -0.3 is 5.73 Å². The first-order chi connectivity index (χ1) is 7.91. The van der Waals surface area contributed by atoms with Crippen molar-refractivity contribution in [3.05, 3.63) is 35.4 Å². The highest BCUT2D eigenvalue weighted by Gasteiger charge is 2.08. The van der Waals surface area contributed by atoms with Crippen LogP contribution < -0.4 is 11.2 Å². The number of primary amides is 1. The maximum Gasteiger partial charge on any atom is 0.329 e. The molecule has 0 heterocycles. The molecule has 1 aromatic rings. The number of hydrazone groups is 1. The molecular formula is C10H9F2N3O2. The number of amides is 2. The van der Waals surface area contributed by atoms with E-state index in [1.165, 1.54) is 13.0 Å². The molecule has 0 fully saturated rings. The van der Waals surface area contributed by atoms with E-state index < -0.39 is 23.4 Å². The largest absolute Gasteiger partial charge is 0.361 e. The molecule has 2 amide bonds. The second kappa shape index (κ2) is 5.15. The van der Waals surface area contributed by atoms with E-state index >= 15 is 0 Å². The molecule has 0 aromatic heterocycles. The van der Waals surface area contributed by atoms with Crippen molar-refractivity contribution in [3.63, 3.8) is 0 Å². The number of benzene rings is 1. The van der Waals surface area contributed by atoms with Crippen molar-refractivity contribution < 1.29 is 18.4 Å². The monoisotopic (exact) mass is 241 g/mol. The summed E-state index contributed by atoms with van der Waals surface area (Å²) in [6, 6.07) is 3.14. The van der Waals surface area contributed by atoms with Crippen LogP contribution in [-0.4, -0.2) is 17.5 Å². The molecule has 0 unspecified atom stereocenters. The highest BCUT2D eigenvalue weighted by molar-refractivity contribution is 6.34. The van der Waals surface area contributed by atoms with Crippen LogP contribution in [0.3, 0.4) is 0 Å². The van der Waals surface area contributed by atoms with Crippen LogP contribution >= 0.6 is 0 Å². The van der Waals surface area contributed by atoms with Gasteiger partial charge in [-0.3, -0.25) is 9.59 Å². The van der Waals surface area contributed by atoms with Gasteiger partial charge in [-0.25, -0.2) is 14.2 Å². The second-order valence-corrected chi connectivity index (χ2v) is 3.13. The highest BCUT2D eigenvalue weighted by atomic mass is 19.2. The molecule has 3 N–H and O–H groups in total. The normalized spacial score (nSPS) is 11.1. The second-order valence-electron chi connectivity index (χ2n) is 3.13. The lowest BCUT2D eigenvalue weighted by Gasteiger charge is -2.02. The standard InChI is InChI=1S/C10H9F2N3O2/c1-5(14-15-10(17)9(13)16)6-2-3-7(11)8(12)4-6/h2-4H,1H3,(H2,13,16)(H,15,17)/b14-5-. The Morgan fingerprint density at radius 3 is 2.47 bits per heavy atom. The molecule has 1 aromatic carbocycles. The zero-order chi connectivity index (χ0) is 13.0. The van der Waals surface area contributed by atoms with Gasteiger partial charge in [-0.05, 0) is 25.1 Å². The number of halogens is 2. The number of carbonyl (C=O) groups is 2. The van der Waals surface area contributed by atoms with Gasteiger partial charge in [0.15, 0.2) is 11.6 Å². The number of nitrogens with one attached hydrogen (secondary N) is 1. The van der Waals surface area contributed by atoms with Crippen LogP contribution in [0.5, 0.6) is 0 Å². The molecule has 0 aliphatic rings. The van der Waals surface area contributed by atoms with E-state index in [0.717, 1.165) is 12.1 Å². The average Bonchev–Trinajstić information content (AvgIpc) is 2.28. The molecule has 17 heavy (non-hydrogen) atoms. The summed E-state index contributed by atoms with van der Waals surface area (Å²) in [7, 11) is 0. The first-order valence-corrected chi connectivity index (χ1v) is 4.51. The molecule has 0 saturated heterocycles. The number of hydrogen-bond donors (Lipinski definition) is 2. The van der Waals surface area contributed by atoms with Gasteiger partial charge in [-0.1, -0.05) is 0 Å². The van der Waals surface area contributed by atoms with Gasteiger partial charge in [0.2, 0.25) is 0 Å². The third kappa shape index (κ3) is 3.33. The van der Waals surface area contributed by atoms with E-state index in [0.29, 0.717) is 0 Å². The fourth-order valence-electron chi connectivity index (χ4n) is 0.975. The van der Waals surface area contributed by atoms with Crippen LogP contribution in [0.4, 0.5) is 8.78 Å². The number of nitrogens with two attached hydrogens (primary N) is 1. The summed E-state index contributed by atoms with van der Waals surface area (Å²) in [4.78, 5) is 21.2. The summed E-state index contributed by atoms with van der Waals surface area (Å²) >= 11 is 0. The molecule has 0 atom stereocenters. The molecule has 0 bridgehead atoms. The van der Waals surface area contributed by atoms with Crippen LogP contribution in [0.2, 0.25) is 0 Å². The van der Waals surface area contributed by atoms with Crippen molar-refractivity contribution in [1.82, 2.24) is 5.43 Å². The SMILES string of the molecule is C/C(=N/NC(=O)C(N)=O)c1ccc(F)c(F)c1. The van der Waals surface area contributed by atoms with Crippen molar-refractivity contribution in [2.24, 2.45) is 10.8 Å². The van der Waals surface area contributed by atoms with Gasteiger partial charge in [-0.2, -0.15) is 5.10 Å². The van der Waals surface area contributed by atoms with Gasteiger partial charge in [0.25, 0.3) is 0 Å². The number of nitrogens with zero attached hydrogens (tertiary/aromatic N) is 1. The minimum absolute atomic E-state index is 0.207. The Bertz CT molecular complexity index is 500. The Morgan fingerprint density at radius 2 is 1.94 bits per heavy atom. The Labute approximate surface area is 95.3 Å². The van der Waals surface area contributed by atoms with E-state index in [9.17, 15) is 18.4 Å². The summed E-state index contributed by atoms with van der Waals surface area (Å²) in [6.07, 6.45) is 0. The fourth-order valence-corrected chi connectivity index (χ4v) is 0.975. The molecule has 0 spiro atoms. The van der Waals surface area contributed by atoms with Gasteiger partial charge in [-0.15, -0.1) is 0 Å². The molecule has 0 radical (unpaired) electrons. The summed E-state index contributed by atoms with van der Waals surface area (Å²) in [5.74, 6) is -4.29. The maximum atomic E-state index is 12.9.